The smallest absolute Gasteiger partial charge is 0.203 e. The molecule has 2 atom stereocenters. The Morgan fingerprint density at radius 1 is 1.11 bits per heavy atom. The molecule has 196 valence electrons. The third kappa shape index (κ3) is 4.76. The Hall–Kier alpha value is -4.13. The Morgan fingerprint density at radius 2 is 1.87 bits per heavy atom. The molecule has 2 aliphatic rings. The molecule has 1 aromatic heterocycles. The largest absolute Gasteiger partial charge is 0.341 e. The van der Waals surface area contributed by atoms with E-state index in [0.717, 1.165) is 53.9 Å². The zero-order chi connectivity index (χ0) is 26.6. The van der Waals surface area contributed by atoms with Gasteiger partial charge in [0, 0.05) is 24.5 Å². The predicted octanol–water partition coefficient (Wildman–Crippen LogP) is 6.47. The van der Waals surface area contributed by atoms with Crippen molar-refractivity contribution in [2.24, 2.45) is 9.98 Å². The van der Waals surface area contributed by atoms with E-state index in [2.05, 4.69) is 101 Å². The number of aromatic nitrogens is 2. The summed E-state index contributed by atoms with van der Waals surface area (Å²) in [6, 6.07) is 19.5. The van der Waals surface area contributed by atoms with E-state index in [1.165, 1.54) is 11.1 Å². The number of hydrogen-bond acceptors (Lipinski definition) is 6. The standard InChI is InChI=1S/C31H37N7/c1-6-13-27(32-9-4)23-18-16-22(17-19-23)20-37-29(33-24-14-11-10-12-15-24)25-21-36(5)31-34-26(7-2)28(8-3)38(31)30(25)35-37/h6,9-19,26,28,33H,1,7-8,20-21H2,2-5H3/b27-13-,32-9?/t26-,28+/m1/s1. The highest BCUT2D eigenvalue weighted by Crippen LogP contribution is 2.40. The molecule has 0 fully saturated rings. The Labute approximate surface area is 225 Å². The topological polar surface area (TPSA) is 61.1 Å². The summed E-state index contributed by atoms with van der Waals surface area (Å²) in [4.78, 5) is 14.2. The van der Waals surface area contributed by atoms with Gasteiger partial charge in [-0.2, -0.15) is 5.10 Å². The molecule has 0 bridgehead atoms. The van der Waals surface area contributed by atoms with Crippen molar-refractivity contribution >= 4 is 35.2 Å². The summed E-state index contributed by atoms with van der Waals surface area (Å²) >= 11 is 0. The van der Waals surface area contributed by atoms with Gasteiger partial charge in [0.1, 0.15) is 5.82 Å². The lowest BCUT2D eigenvalue weighted by molar-refractivity contribution is 0.470. The Morgan fingerprint density at radius 3 is 2.53 bits per heavy atom. The number of hydrogen-bond donors (Lipinski definition) is 1. The summed E-state index contributed by atoms with van der Waals surface area (Å²) in [6.07, 6.45) is 7.55. The van der Waals surface area contributed by atoms with E-state index in [0.29, 0.717) is 12.6 Å². The van der Waals surface area contributed by atoms with Gasteiger partial charge in [0.15, 0.2) is 5.82 Å². The molecular formula is C31H37N7. The molecule has 0 aliphatic carbocycles. The Balaban J connectivity index is 1.54. The number of nitrogens with one attached hydrogen (secondary N) is 1. The molecule has 38 heavy (non-hydrogen) atoms. The van der Waals surface area contributed by atoms with Gasteiger partial charge in [0.2, 0.25) is 5.96 Å². The number of aliphatic imine (C=N–C) groups is 2. The van der Waals surface area contributed by atoms with Gasteiger partial charge in [-0.1, -0.05) is 69.0 Å². The minimum absolute atomic E-state index is 0.287. The number of nitrogens with zero attached hydrogens (tertiary/aromatic N) is 6. The summed E-state index contributed by atoms with van der Waals surface area (Å²) in [5, 5.41) is 8.92. The zero-order valence-corrected chi connectivity index (χ0v) is 22.8. The van der Waals surface area contributed by atoms with E-state index in [1.807, 2.05) is 19.1 Å². The third-order valence-corrected chi connectivity index (χ3v) is 7.27. The van der Waals surface area contributed by atoms with Crippen LogP contribution in [0, 0.1) is 0 Å². The Bertz CT molecular complexity index is 1370. The van der Waals surface area contributed by atoms with E-state index in [-0.39, 0.29) is 6.04 Å². The van der Waals surface area contributed by atoms with Gasteiger partial charge in [-0.05, 0) is 43.5 Å². The van der Waals surface area contributed by atoms with Crippen molar-refractivity contribution in [3.63, 3.8) is 0 Å². The molecule has 0 saturated carbocycles. The molecule has 0 saturated heterocycles. The second-order valence-electron chi connectivity index (χ2n) is 9.78. The number of para-hydroxylation sites is 1. The molecule has 3 heterocycles. The van der Waals surface area contributed by atoms with Crippen LogP contribution in [0.4, 0.5) is 17.3 Å². The van der Waals surface area contributed by atoms with Crippen LogP contribution in [0.3, 0.4) is 0 Å². The van der Waals surface area contributed by atoms with Crippen molar-refractivity contribution in [3.8, 4) is 0 Å². The predicted molar refractivity (Wildman–Crippen MR) is 159 cm³/mol. The zero-order valence-electron chi connectivity index (χ0n) is 22.8. The summed E-state index contributed by atoms with van der Waals surface area (Å²) in [7, 11) is 2.13. The van der Waals surface area contributed by atoms with Gasteiger partial charge in [-0.25, -0.2) is 9.67 Å². The highest BCUT2D eigenvalue weighted by atomic mass is 15.5. The van der Waals surface area contributed by atoms with Crippen molar-refractivity contribution in [1.82, 2.24) is 14.7 Å². The van der Waals surface area contributed by atoms with Crippen LogP contribution in [0.5, 0.6) is 0 Å². The first-order valence-electron chi connectivity index (χ1n) is 13.5. The molecule has 0 spiro atoms. The fourth-order valence-corrected chi connectivity index (χ4v) is 5.43. The van der Waals surface area contributed by atoms with Crippen LogP contribution in [0.2, 0.25) is 0 Å². The average Bonchev–Trinajstić information content (AvgIpc) is 3.48. The second kappa shape index (κ2) is 11.1. The van der Waals surface area contributed by atoms with E-state index >= 15 is 0 Å². The van der Waals surface area contributed by atoms with Gasteiger partial charge >= 0.3 is 0 Å². The minimum atomic E-state index is 0.287. The molecule has 3 aromatic rings. The molecule has 2 aliphatic heterocycles. The first-order valence-corrected chi connectivity index (χ1v) is 13.5. The fraction of sp³-hybridized carbons (Fsp3) is 0.323. The molecule has 1 N–H and O–H groups in total. The molecule has 2 aromatic carbocycles. The first kappa shape index (κ1) is 25.5. The maximum Gasteiger partial charge on any atom is 0.203 e. The SMILES string of the molecule is C=C/C=C(\N=CC)c1ccc(Cn2nc3c(c2Nc2ccccc2)CN(C)C2=N[C@H](CC)[C@H](CC)N23)cc1. The van der Waals surface area contributed by atoms with Crippen molar-refractivity contribution in [1.29, 1.82) is 0 Å². The lowest BCUT2D eigenvalue weighted by Crippen LogP contribution is -2.48. The summed E-state index contributed by atoms with van der Waals surface area (Å²) in [5.74, 6) is 3.08. The van der Waals surface area contributed by atoms with Crippen LogP contribution in [0.15, 0.2) is 83.3 Å². The maximum atomic E-state index is 5.23. The lowest BCUT2D eigenvalue weighted by Gasteiger charge is -2.36. The number of fused-ring (bicyclic) bond motifs is 3. The summed E-state index contributed by atoms with van der Waals surface area (Å²) in [5.41, 5.74) is 5.38. The molecule has 5 rings (SSSR count). The molecule has 7 nitrogen and oxygen atoms in total. The summed E-state index contributed by atoms with van der Waals surface area (Å²) < 4.78 is 2.11. The average molecular weight is 508 g/mol. The van der Waals surface area contributed by atoms with E-state index in [1.54, 1.807) is 12.3 Å². The van der Waals surface area contributed by atoms with Gasteiger partial charge < -0.3 is 10.2 Å². The molecule has 0 radical (unpaired) electrons. The van der Waals surface area contributed by atoms with Gasteiger partial charge in [0.05, 0.1) is 36.4 Å². The first-order chi connectivity index (χ1) is 18.6. The number of allylic oxidation sites excluding steroid dienone is 2. The van der Waals surface area contributed by atoms with Gasteiger partial charge in [0.25, 0.3) is 0 Å². The second-order valence-corrected chi connectivity index (χ2v) is 9.78. The van der Waals surface area contributed by atoms with Crippen LogP contribution >= 0.6 is 0 Å². The van der Waals surface area contributed by atoms with Gasteiger partial charge in [-0.3, -0.25) is 9.89 Å². The lowest BCUT2D eigenvalue weighted by atomic mass is 10.0. The van der Waals surface area contributed by atoms with E-state index in [4.69, 9.17) is 10.1 Å². The Kier molecular flexibility index (Phi) is 7.45. The van der Waals surface area contributed by atoms with Crippen LogP contribution in [-0.2, 0) is 13.1 Å². The minimum Gasteiger partial charge on any atom is -0.341 e. The number of anilines is 3. The van der Waals surface area contributed by atoms with Crippen LogP contribution in [-0.4, -0.2) is 46.0 Å². The highest BCUT2D eigenvalue weighted by molar-refractivity contribution is 6.01. The highest BCUT2D eigenvalue weighted by Gasteiger charge is 2.43. The van der Waals surface area contributed by atoms with Crippen molar-refractivity contribution in [2.75, 3.05) is 17.3 Å². The van der Waals surface area contributed by atoms with E-state index < -0.39 is 0 Å². The van der Waals surface area contributed by atoms with Crippen LogP contribution < -0.4 is 10.2 Å². The monoisotopic (exact) mass is 507 g/mol. The maximum absolute atomic E-state index is 5.23. The number of benzene rings is 2. The van der Waals surface area contributed by atoms with Crippen molar-refractivity contribution in [3.05, 3.63) is 90.0 Å². The molecule has 0 amide bonds. The third-order valence-electron chi connectivity index (χ3n) is 7.27. The van der Waals surface area contributed by atoms with Crippen LogP contribution in [0.1, 0.15) is 50.3 Å². The fourth-order valence-electron chi connectivity index (χ4n) is 5.43. The number of rotatable bonds is 9. The van der Waals surface area contributed by atoms with Gasteiger partial charge in [-0.15, -0.1) is 0 Å². The quantitative estimate of drug-likeness (QED) is 0.266. The molecule has 0 unspecified atom stereocenters. The molecule has 7 heteroatoms. The van der Waals surface area contributed by atoms with Crippen LogP contribution in [0.25, 0.3) is 5.70 Å². The normalized spacial score (nSPS) is 18.9. The van der Waals surface area contributed by atoms with Crippen molar-refractivity contribution in [2.45, 2.75) is 58.8 Å². The van der Waals surface area contributed by atoms with E-state index in [9.17, 15) is 0 Å². The molecular weight excluding hydrogens is 470 g/mol. The summed E-state index contributed by atoms with van der Waals surface area (Å²) in [6.45, 7) is 11.6. The number of guanidine groups is 1. The van der Waals surface area contributed by atoms with Crippen molar-refractivity contribution < 1.29 is 0 Å².